The van der Waals surface area contributed by atoms with E-state index < -0.39 is 6.10 Å². The second kappa shape index (κ2) is 14.5. The number of hydrogen-bond donors (Lipinski definition) is 1. The first-order valence-corrected chi connectivity index (χ1v) is 19.4. The van der Waals surface area contributed by atoms with E-state index in [1.54, 1.807) is 12.0 Å². The minimum Gasteiger partial charge on any atom is -0.496 e. The molecule has 6 aliphatic rings. The molecule has 3 heterocycles. The van der Waals surface area contributed by atoms with E-state index in [4.69, 9.17) is 14.5 Å². The van der Waals surface area contributed by atoms with Crippen LogP contribution >= 0.6 is 0 Å². The molecule has 1 atom stereocenters. The summed E-state index contributed by atoms with van der Waals surface area (Å²) in [7, 11) is 1.74. The minimum atomic E-state index is -0.447. The Bertz CT molecular complexity index is 1510. The summed E-state index contributed by atoms with van der Waals surface area (Å²) >= 11 is 0. The molecule has 2 aliphatic heterocycles. The second-order valence-electron chi connectivity index (χ2n) is 16.7. The average Bonchev–Trinajstić information content (AvgIpc) is 3.13. The number of aliphatic hydroxyl groups excluding tert-OH is 1. The Balaban J connectivity index is 1.08. The third-order valence-corrected chi connectivity index (χ3v) is 13.3. The van der Waals surface area contributed by atoms with E-state index in [2.05, 4.69) is 60.9 Å². The number of amides is 2. The number of aryl methyl sites for hydroxylation is 1. The average molecular weight is 687 g/mol. The lowest BCUT2D eigenvalue weighted by Gasteiger charge is -2.55. The number of nitrogens with zero attached hydrogens (tertiary/aromatic N) is 4. The molecule has 2 aromatic rings. The Hall–Kier alpha value is -3.17. The number of pyridine rings is 1. The number of piperidine rings is 1. The number of likely N-dealkylation sites (tertiary alicyclic amines) is 2. The van der Waals surface area contributed by atoms with Gasteiger partial charge in [-0.25, -0.2) is 9.78 Å². The van der Waals surface area contributed by atoms with Crippen LogP contribution < -0.4 is 9.64 Å². The summed E-state index contributed by atoms with van der Waals surface area (Å²) in [6.45, 7) is 10.3. The number of ether oxygens (including phenoxy) is 2. The molecule has 1 unspecified atom stereocenters. The quantitative estimate of drug-likeness (QED) is 0.304. The molecule has 8 rings (SSSR count). The van der Waals surface area contributed by atoms with Crippen LogP contribution in [0.3, 0.4) is 0 Å². The Morgan fingerprint density at radius 3 is 2.34 bits per heavy atom. The summed E-state index contributed by atoms with van der Waals surface area (Å²) in [6.07, 6.45) is 12.8. The van der Waals surface area contributed by atoms with Crippen LogP contribution in [-0.2, 0) is 14.9 Å². The van der Waals surface area contributed by atoms with Gasteiger partial charge in [-0.15, -0.1) is 0 Å². The van der Waals surface area contributed by atoms with Crippen molar-refractivity contribution in [2.24, 2.45) is 11.3 Å². The van der Waals surface area contributed by atoms with Gasteiger partial charge in [0.1, 0.15) is 17.7 Å². The number of rotatable bonds is 9. The van der Waals surface area contributed by atoms with Gasteiger partial charge in [0, 0.05) is 31.2 Å². The first kappa shape index (κ1) is 35.2. The van der Waals surface area contributed by atoms with E-state index in [1.807, 2.05) is 6.20 Å². The van der Waals surface area contributed by atoms with Crippen LogP contribution in [0.25, 0.3) is 0 Å². The molecular formula is C41H58N4O5. The highest BCUT2D eigenvalue weighted by Crippen LogP contribution is 2.58. The van der Waals surface area contributed by atoms with E-state index in [1.165, 1.54) is 23.1 Å². The van der Waals surface area contributed by atoms with Crippen LogP contribution in [0.15, 0.2) is 36.5 Å². The number of benzene rings is 1. The second-order valence-corrected chi connectivity index (χ2v) is 16.7. The van der Waals surface area contributed by atoms with Gasteiger partial charge in [-0.2, -0.15) is 0 Å². The van der Waals surface area contributed by atoms with Crippen molar-refractivity contribution in [2.75, 3.05) is 44.7 Å². The van der Waals surface area contributed by atoms with Crippen molar-refractivity contribution in [1.29, 1.82) is 0 Å². The largest absolute Gasteiger partial charge is 0.496 e. The smallest absolute Gasteiger partial charge is 0.410 e. The van der Waals surface area contributed by atoms with Crippen molar-refractivity contribution in [2.45, 2.75) is 127 Å². The monoisotopic (exact) mass is 686 g/mol. The van der Waals surface area contributed by atoms with Crippen molar-refractivity contribution in [3.05, 3.63) is 53.2 Å². The minimum absolute atomic E-state index is 0.0877. The first-order chi connectivity index (χ1) is 24.1. The summed E-state index contributed by atoms with van der Waals surface area (Å²) in [5.41, 5.74) is 4.23. The molecular weight excluding hydrogens is 628 g/mol. The van der Waals surface area contributed by atoms with Crippen LogP contribution in [0.5, 0.6) is 5.75 Å². The van der Waals surface area contributed by atoms with Crippen molar-refractivity contribution < 1.29 is 24.2 Å². The topological polar surface area (TPSA) is 95.4 Å². The van der Waals surface area contributed by atoms with E-state index in [0.29, 0.717) is 50.7 Å². The Labute approximate surface area is 298 Å². The summed E-state index contributed by atoms with van der Waals surface area (Å²) < 4.78 is 11.3. The molecule has 1 aromatic heterocycles. The molecule has 6 fully saturated rings. The number of aromatic nitrogens is 1. The molecule has 1 aromatic carbocycles. The molecule has 2 bridgehead atoms. The van der Waals surface area contributed by atoms with Crippen LogP contribution in [0, 0.1) is 18.3 Å². The van der Waals surface area contributed by atoms with Crippen LogP contribution in [0.4, 0.5) is 10.6 Å². The zero-order chi connectivity index (χ0) is 35.0. The predicted octanol–water partition coefficient (Wildman–Crippen LogP) is 6.98. The molecule has 2 saturated heterocycles. The molecule has 9 nitrogen and oxygen atoms in total. The van der Waals surface area contributed by atoms with Gasteiger partial charge in [-0.1, -0.05) is 12.1 Å². The van der Waals surface area contributed by atoms with E-state index in [9.17, 15) is 14.7 Å². The van der Waals surface area contributed by atoms with E-state index >= 15 is 0 Å². The number of β-amino-alcohol motifs (C(OH)–C–C–N with tert-alkyl or cyclic N) is 1. The summed E-state index contributed by atoms with van der Waals surface area (Å²) in [4.78, 5) is 38.3. The maximum absolute atomic E-state index is 14.7. The summed E-state index contributed by atoms with van der Waals surface area (Å²) in [5, 5.41) is 9.58. The van der Waals surface area contributed by atoms with Crippen molar-refractivity contribution in [3.8, 4) is 5.75 Å². The van der Waals surface area contributed by atoms with Gasteiger partial charge in [0.2, 0.25) is 5.91 Å². The molecule has 9 heteroatoms. The van der Waals surface area contributed by atoms with Gasteiger partial charge < -0.3 is 24.4 Å². The van der Waals surface area contributed by atoms with E-state index in [-0.39, 0.29) is 34.9 Å². The standard InChI is InChI=1S/C41H58N4O5/c1-28(2)43-21-5-6-32(24-43)31-13-20-42-37(23-31)45(38(47)30-7-10-35(11-8-30)50-39(48)44-25-34(46)26-44)27-40-14-17-41(18-15-40,19-16-40)33-9-12-36(49-4)29(3)22-33/h9,12-13,20,22-23,28,30,32,34-35,46H,5-8,10-11,14-19,21,24-27H2,1-4H3. The van der Waals surface area contributed by atoms with Crippen molar-refractivity contribution in [3.63, 3.8) is 0 Å². The maximum Gasteiger partial charge on any atom is 0.410 e. The molecule has 0 spiro atoms. The fraction of sp³-hybridized carbons (Fsp3) is 0.683. The summed E-state index contributed by atoms with van der Waals surface area (Å²) in [5.74, 6) is 2.26. The highest BCUT2D eigenvalue weighted by Gasteiger charge is 2.51. The van der Waals surface area contributed by atoms with Crippen molar-refractivity contribution >= 4 is 17.8 Å². The molecule has 4 aliphatic carbocycles. The predicted molar refractivity (Wildman–Crippen MR) is 195 cm³/mol. The molecule has 2 amide bonds. The number of anilines is 1. The lowest BCUT2D eigenvalue weighted by Crippen LogP contribution is -2.54. The Kier molecular flexibility index (Phi) is 10.2. The van der Waals surface area contributed by atoms with E-state index in [0.717, 1.165) is 76.1 Å². The SMILES string of the molecule is COc1ccc(C23CCC(CN(C(=O)C4CCC(OC(=O)N5CC(O)C5)CC4)c4cc(C5CCCN(C(C)C)C5)ccn4)(CC2)CC3)cc1C. The van der Waals surface area contributed by atoms with Gasteiger partial charge in [0.15, 0.2) is 0 Å². The lowest BCUT2D eigenvalue weighted by atomic mass is 9.51. The highest BCUT2D eigenvalue weighted by atomic mass is 16.6. The van der Waals surface area contributed by atoms with Crippen LogP contribution in [-0.4, -0.2) is 90.0 Å². The van der Waals surface area contributed by atoms with Gasteiger partial charge in [0.25, 0.3) is 0 Å². The fourth-order valence-electron chi connectivity index (χ4n) is 9.80. The normalized spacial score (nSPS) is 30.2. The zero-order valence-corrected chi connectivity index (χ0v) is 30.7. The fourth-order valence-corrected chi connectivity index (χ4v) is 9.80. The summed E-state index contributed by atoms with van der Waals surface area (Å²) in [6, 6.07) is 11.7. The van der Waals surface area contributed by atoms with Gasteiger partial charge in [-0.3, -0.25) is 9.69 Å². The molecule has 0 radical (unpaired) electrons. The highest BCUT2D eigenvalue weighted by molar-refractivity contribution is 5.94. The number of aliphatic hydroxyl groups is 1. The number of carbonyl (C=O) groups excluding carboxylic acids is 2. The Morgan fingerprint density at radius 2 is 1.70 bits per heavy atom. The zero-order valence-electron chi connectivity index (χ0n) is 30.7. The lowest BCUT2D eigenvalue weighted by molar-refractivity contribution is -0.124. The van der Waals surface area contributed by atoms with Gasteiger partial charge >= 0.3 is 6.09 Å². The number of fused-ring (bicyclic) bond motifs is 3. The third kappa shape index (κ3) is 7.14. The van der Waals surface area contributed by atoms with Crippen LogP contribution in [0.1, 0.15) is 114 Å². The molecule has 50 heavy (non-hydrogen) atoms. The first-order valence-electron chi connectivity index (χ1n) is 19.4. The number of carbonyl (C=O) groups is 2. The van der Waals surface area contributed by atoms with Gasteiger partial charge in [-0.05, 0) is 156 Å². The number of methoxy groups -OCH3 is 1. The molecule has 4 saturated carbocycles. The number of hydrogen-bond acceptors (Lipinski definition) is 7. The molecule has 272 valence electrons. The Morgan fingerprint density at radius 1 is 0.980 bits per heavy atom. The van der Waals surface area contributed by atoms with Gasteiger partial charge in [0.05, 0.1) is 26.3 Å². The van der Waals surface area contributed by atoms with Crippen LogP contribution in [0.2, 0.25) is 0 Å². The molecule has 1 N–H and O–H groups in total. The maximum atomic E-state index is 14.7. The van der Waals surface area contributed by atoms with Crippen molar-refractivity contribution in [1.82, 2.24) is 14.8 Å². The third-order valence-electron chi connectivity index (χ3n) is 13.3.